The number of rotatable bonds is 6. The standard InChI is InChI=1S/C18H14N4O7/c1-10-9-13(5-8-15(10)22(26)27)18(23)28-11(2)16-19-20-17(29-16)12-3-6-14(7-4-12)21(24)25/h3-9,11H,1-2H3. The Hall–Kier alpha value is -4.15. The summed E-state index contributed by atoms with van der Waals surface area (Å²) in [6, 6.07) is 9.44. The van der Waals surface area contributed by atoms with E-state index in [2.05, 4.69) is 10.2 Å². The van der Waals surface area contributed by atoms with Crippen LogP contribution in [0, 0.1) is 27.2 Å². The van der Waals surface area contributed by atoms with Gasteiger partial charge in [0.1, 0.15) is 0 Å². The second kappa shape index (κ2) is 7.84. The molecule has 1 heterocycles. The second-order valence-corrected chi connectivity index (χ2v) is 6.06. The minimum absolute atomic E-state index is 0.0327. The molecule has 0 aliphatic heterocycles. The summed E-state index contributed by atoms with van der Waals surface area (Å²) in [4.78, 5) is 32.8. The molecule has 3 rings (SSSR count). The van der Waals surface area contributed by atoms with Crippen LogP contribution in [0.25, 0.3) is 11.5 Å². The molecule has 0 radical (unpaired) electrons. The fourth-order valence-corrected chi connectivity index (χ4v) is 2.51. The summed E-state index contributed by atoms with van der Waals surface area (Å²) in [5, 5.41) is 29.3. The summed E-state index contributed by atoms with van der Waals surface area (Å²) in [6.45, 7) is 3.05. The Morgan fingerprint density at radius 3 is 2.34 bits per heavy atom. The monoisotopic (exact) mass is 398 g/mol. The third-order valence-corrected chi connectivity index (χ3v) is 4.03. The number of esters is 1. The molecule has 0 bridgehead atoms. The molecule has 3 aromatic rings. The van der Waals surface area contributed by atoms with Gasteiger partial charge in [0.05, 0.1) is 15.4 Å². The zero-order chi connectivity index (χ0) is 21.1. The van der Waals surface area contributed by atoms with Crippen molar-refractivity contribution in [3.63, 3.8) is 0 Å². The van der Waals surface area contributed by atoms with Gasteiger partial charge in [0.25, 0.3) is 17.3 Å². The van der Waals surface area contributed by atoms with Gasteiger partial charge in [-0.2, -0.15) is 0 Å². The van der Waals surface area contributed by atoms with Gasteiger partial charge >= 0.3 is 5.97 Å². The second-order valence-electron chi connectivity index (χ2n) is 6.06. The highest BCUT2D eigenvalue weighted by Gasteiger charge is 2.21. The Balaban J connectivity index is 1.72. The Labute approximate surface area is 163 Å². The highest BCUT2D eigenvalue weighted by Crippen LogP contribution is 2.25. The van der Waals surface area contributed by atoms with Crippen molar-refractivity contribution >= 4 is 17.3 Å². The molecule has 0 spiro atoms. The van der Waals surface area contributed by atoms with Crippen LogP contribution in [-0.2, 0) is 4.74 Å². The van der Waals surface area contributed by atoms with Crippen LogP contribution in [0.4, 0.5) is 11.4 Å². The summed E-state index contributed by atoms with van der Waals surface area (Å²) in [6.07, 6.45) is -0.878. The van der Waals surface area contributed by atoms with Crippen molar-refractivity contribution in [3.05, 3.63) is 79.7 Å². The smallest absolute Gasteiger partial charge is 0.338 e. The fraction of sp³-hybridized carbons (Fsp3) is 0.167. The molecule has 11 nitrogen and oxygen atoms in total. The highest BCUT2D eigenvalue weighted by atomic mass is 16.6. The van der Waals surface area contributed by atoms with E-state index in [0.717, 1.165) is 0 Å². The maximum absolute atomic E-state index is 12.3. The minimum atomic E-state index is -0.878. The SMILES string of the molecule is Cc1cc(C(=O)OC(C)c2nnc(-c3ccc([N+](=O)[O-])cc3)o2)ccc1[N+](=O)[O-]. The quantitative estimate of drug-likeness (QED) is 0.343. The van der Waals surface area contributed by atoms with Gasteiger partial charge in [-0.25, -0.2) is 4.79 Å². The number of carbonyl (C=O) groups excluding carboxylic acids is 1. The lowest BCUT2D eigenvalue weighted by Crippen LogP contribution is -2.10. The number of nitrogens with zero attached hydrogens (tertiary/aromatic N) is 4. The van der Waals surface area contributed by atoms with Crippen molar-refractivity contribution < 1.29 is 23.8 Å². The lowest BCUT2D eigenvalue weighted by atomic mass is 10.1. The number of hydrogen-bond acceptors (Lipinski definition) is 9. The molecule has 11 heteroatoms. The van der Waals surface area contributed by atoms with Crippen LogP contribution in [0.3, 0.4) is 0 Å². The Bertz CT molecular complexity index is 1090. The largest absolute Gasteiger partial charge is 0.449 e. The van der Waals surface area contributed by atoms with Crippen molar-refractivity contribution in [2.75, 3.05) is 0 Å². The normalized spacial score (nSPS) is 11.7. The van der Waals surface area contributed by atoms with Crippen molar-refractivity contribution in [3.8, 4) is 11.5 Å². The topological polar surface area (TPSA) is 152 Å². The van der Waals surface area contributed by atoms with Crippen molar-refractivity contribution in [1.82, 2.24) is 10.2 Å². The van der Waals surface area contributed by atoms with E-state index in [9.17, 15) is 25.0 Å². The lowest BCUT2D eigenvalue weighted by molar-refractivity contribution is -0.385. The van der Waals surface area contributed by atoms with E-state index in [-0.39, 0.29) is 28.7 Å². The number of ether oxygens (including phenoxy) is 1. The first-order chi connectivity index (χ1) is 13.8. The van der Waals surface area contributed by atoms with Gasteiger partial charge in [-0.05, 0) is 38.1 Å². The van der Waals surface area contributed by atoms with Crippen LogP contribution in [0.2, 0.25) is 0 Å². The van der Waals surface area contributed by atoms with Gasteiger partial charge in [-0.3, -0.25) is 20.2 Å². The van der Waals surface area contributed by atoms with Crippen molar-refractivity contribution in [2.24, 2.45) is 0 Å². The molecule has 0 amide bonds. The predicted molar refractivity (Wildman–Crippen MR) is 98.1 cm³/mol. The lowest BCUT2D eigenvalue weighted by Gasteiger charge is -2.09. The van der Waals surface area contributed by atoms with Crippen LogP contribution >= 0.6 is 0 Å². The third-order valence-electron chi connectivity index (χ3n) is 4.03. The summed E-state index contributed by atoms with van der Waals surface area (Å²) >= 11 is 0. The van der Waals surface area contributed by atoms with Gasteiger partial charge < -0.3 is 9.15 Å². The first-order valence-electron chi connectivity index (χ1n) is 8.30. The first-order valence-corrected chi connectivity index (χ1v) is 8.30. The number of carbonyl (C=O) groups is 1. The van der Waals surface area contributed by atoms with E-state index in [4.69, 9.17) is 9.15 Å². The van der Waals surface area contributed by atoms with Gasteiger partial charge in [0.15, 0.2) is 6.10 Å². The molecule has 1 unspecified atom stereocenters. The van der Waals surface area contributed by atoms with Crippen LogP contribution in [-0.4, -0.2) is 26.0 Å². The molecule has 1 atom stereocenters. The highest BCUT2D eigenvalue weighted by molar-refractivity contribution is 5.90. The van der Waals surface area contributed by atoms with Crippen LogP contribution in [0.5, 0.6) is 0 Å². The van der Waals surface area contributed by atoms with E-state index in [0.29, 0.717) is 11.1 Å². The average molecular weight is 398 g/mol. The number of aryl methyl sites for hydroxylation is 1. The van der Waals surface area contributed by atoms with E-state index in [1.807, 2.05) is 0 Å². The maximum atomic E-state index is 12.3. The molecule has 0 fully saturated rings. The van der Waals surface area contributed by atoms with E-state index in [1.54, 1.807) is 0 Å². The molecule has 29 heavy (non-hydrogen) atoms. The molecule has 0 aliphatic carbocycles. The zero-order valence-electron chi connectivity index (χ0n) is 15.3. The molecule has 2 aromatic carbocycles. The molecular formula is C18H14N4O7. The Morgan fingerprint density at radius 1 is 1.07 bits per heavy atom. The van der Waals surface area contributed by atoms with E-state index < -0.39 is 21.9 Å². The number of nitro groups is 2. The Kier molecular flexibility index (Phi) is 5.30. The minimum Gasteiger partial charge on any atom is -0.449 e. The number of hydrogen-bond donors (Lipinski definition) is 0. The predicted octanol–water partition coefficient (Wildman–Crippen LogP) is 3.78. The summed E-state index contributed by atoms with van der Waals surface area (Å²) in [5.74, 6) is -0.556. The molecule has 0 saturated carbocycles. The summed E-state index contributed by atoms with van der Waals surface area (Å²) in [5.41, 5.74) is 0.776. The van der Waals surface area contributed by atoms with Crippen molar-refractivity contribution in [1.29, 1.82) is 0 Å². The number of aromatic nitrogens is 2. The first kappa shape index (κ1) is 19.6. The molecular weight excluding hydrogens is 384 g/mol. The maximum Gasteiger partial charge on any atom is 0.338 e. The number of nitro benzene ring substituents is 2. The number of non-ortho nitro benzene ring substituents is 1. The number of benzene rings is 2. The molecule has 148 valence electrons. The van der Waals surface area contributed by atoms with Gasteiger partial charge in [-0.15, -0.1) is 10.2 Å². The molecule has 0 aliphatic rings. The average Bonchev–Trinajstić information content (AvgIpc) is 3.18. The summed E-state index contributed by atoms with van der Waals surface area (Å²) in [7, 11) is 0. The fourth-order valence-electron chi connectivity index (χ4n) is 2.51. The zero-order valence-corrected chi connectivity index (χ0v) is 15.3. The van der Waals surface area contributed by atoms with Gasteiger partial charge in [0, 0.05) is 29.3 Å². The van der Waals surface area contributed by atoms with E-state index >= 15 is 0 Å². The van der Waals surface area contributed by atoms with Crippen LogP contribution < -0.4 is 0 Å². The van der Waals surface area contributed by atoms with Crippen molar-refractivity contribution in [2.45, 2.75) is 20.0 Å². The molecule has 0 N–H and O–H groups in total. The molecule has 1 aromatic heterocycles. The van der Waals surface area contributed by atoms with Crippen LogP contribution in [0.1, 0.15) is 34.8 Å². The van der Waals surface area contributed by atoms with Crippen LogP contribution in [0.15, 0.2) is 46.9 Å². The van der Waals surface area contributed by atoms with Gasteiger partial charge in [-0.1, -0.05) is 0 Å². The molecule has 0 saturated heterocycles. The third kappa shape index (κ3) is 4.24. The van der Waals surface area contributed by atoms with Gasteiger partial charge in [0.2, 0.25) is 5.89 Å². The Morgan fingerprint density at radius 2 is 1.76 bits per heavy atom. The van der Waals surface area contributed by atoms with E-state index in [1.165, 1.54) is 56.3 Å². The summed E-state index contributed by atoms with van der Waals surface area (Å²) < 4.78 is 10.8.